The van der Waals surface area contributed by atoms with Gasteiger partial charge in [0.25, 0.3) is 10.0 Å². The number of rotatable bonds is 4. The zero-order valence-corrected chi connectivity index (χ0v) is 13.3. The maximum Gasteiger partial charge on any atom is 0.263 e. The minimum Gasteiger partial charge on any atom is -0.497 e. The van der Waals surface area contributed by atoms with Crippen LogP contribution in [0.2, 0.25) is 5.15 Å². The molecule has 0 aliphatic rings. The number of benzene rings is 1. The number of sulfonamides is 1. The summed E-state index contributed by atoms with van der Waals surface area (Å²) in [6.45, 7) is 3.41. The molecule has 2 rings (SSSR count). The van der Waals surface area contributed by atoms with E-state index in [1.807, 2.05) is 0 Å². The van der Waals surface area contributed by atoms with Crippen molar-refractivity contribution in [2.45, 2.75) is 18.7 Å². The predicted molar refractivity (Wildman–Crippen MR) is 80.3 cm³/mol. The van der Waals surface area contributed by atoms with Gasteiger partial charge in [-0.15, -0.1) is 0 Å². The second kappa shape index (κ2) is 5.87. The molecule has 21 heavy (non-hydrogen) atoms. The van der Waals surface area contributed by atoms with Gasteiger partial charge in [0.05, 0.1) is 12.0 Å². The molecule has 0 amide bonds. The Morgan fingerprint density at radius 3 is 2.29 bits per heavy atom. The van der Waals surface area contributed by atoms with Crippen LogP contribution in [0.1, 0.15) is 11.1 Å². The van der Waals surface area contributed by atoms with Crippen LogP contribution in [0.25, 0.3) is 0 Å². The summed E-state index contributed by atoms with van der Waals surface area (Å²) in [7, 11) is -2.24. The van der Waals surface area contributed by atoms with E-state index in [2.05, 4.69) is 14.7 Å². The van der Waals surface area contributed by atoms with Crippen LogP contribution in [0, 0.1) is 13.8 Å². The summed E-state index contributed by atoms with van der Waals surface area (Å²) < 4.78 is 32.5. The molecule has 0 radical (unpaired) electrons. The molecule has 1 heterocycles. The molecule has 1 aromatic heterocycles. The zero-order valence-electron chi connectivity index (χ0n) is 11.7. The Hall–Kier alpha value is -1.86. The van der Waals surface area contributed by atoms with Gasteiger partial charge in [0.1, 0.15) is 23.0 Å². The van der Waals surface area contributed by atoms with Crippen molar-refractivity contribution in [2.24, 2.45) is 0 Å². The average Bonchev–Trinajstić information content (AvgIpc) is 2.36. The third-order valence-corrected chi connectivity index (χ3v) is 4.68. The van der Waals surface area contributed by atoms with E-state index >= 15 is 0 Å². The highest BCUT2D eigenvalue weighted by Gasteiger charge is 2.21. The van der Waals surface area contributed by atoms with Crippen molar-refractivity contribution in [3.63, 3.8) is 0 Å². The van der Waals surface area contributed by atoms with Gasteiger partial charge in [-0.05, 0) is 37.1 Å². The molecule has 0 unspecified atom stereocenters. The zero-order chi connectivity index (χ0) is 15.6. The highest BCUT2D eigenvalue weighted by molar-refractivity contribution is 7.92. The van der Waals surface area contributed by atoms with Gasteiger partial charge in [-0.25, -0.2) is 18.4 Å². The maximum absolute atomic E-state index is 12.5. The molecule has 8 heteroatoms. The van der Waals surface area contributed by atoms with Crippen molar-refractivity contribution in [3.05, 3.63) is 40.8 Å². The van der Waals surface area contributed by atoms with Crippen molar-refractivity contribution in [1.29, 1.82) is 0 Å². The molecule has 1 aromatic carbocycles. The van der Waals surface area contributed by atoms with E-state index in [4.69, 9.17) is 16.3 Å². The van der Waals surface area contributed by atoms with Gasteiger partial charge in [0, 0.05) is 6.07 Å². The highest BCUT2D eigenvalue weighted by atomic mass is 35.5. The van der Waals surface area contributed by atoms with Crippen LogP contribution < -0.4 is 9.46 Å². The monoisotopic (exact) mass is 327 g/mol. The molecule has 0 aliphatic carbocycles. The van der Waals surface area contributed by atoms with E-state index in [9.17, 15) is 8.42 Å². The van der Waals surface area contributed by atoms with Crippen LogP contribution in [0.4, 0.5) is 5.82 Å². The summed E-state index contributed by atoms with van der Waals surface area (Å²) in [6, 6.07) is 4.66. The quantitative estimate of drug-likeness (QED) is 0.873. The lowest BCUT2D eigenvalue weighted by Crippen LogP contribution is -2.16. The SMILES string of the molecule is COc1cc(C)c(S(=O)(=O)Nc2cc(Cl)ncn2)c(C)c1. The normalized spacial score (nSPS) is 11.2. The van der Waals surface area contributed by atoms with Crippen LogP contribution in [0.5, 0.6) is 5.75 Å². The highest BCUT2D eigenvalue weighted by Crippen LogP contribution is 2.27. The van der Waals surface area contributed by atoms with E-state index in [1.165, 1.54) is 19.5 Å². The lowest BCUT2D eigenvalue weighted by Gasteiger charge is -2.13. The number of hydrogen-bond acceptors (Lipinski definition) is 5. The number of anilines is 1. The Kier molecular flexibility index (Phi) is 4.34. The fraction of sp³-hybridized carbons (Fsp3) is 0.231. The fourth-order valence-corrected chi connectivity index (χ4v) is 3.63. The van der Waals surface area contributed by atoms with E-state index < -0.39 is 10.0 Å². The number of ether oxygens (including phenoxy) is 1. The summed E-state index contributed by atoms with van der Waals surface area (Å²) >= 11 is 5.72. The first kappa shape index (κ1) is 15.5. The molecular formula is C13H14ClN3O3S. The van der Waals surface area contributed by atoms with Crippen molar-refractivity contribution >= 4 is 27.4 Å². The fourth-order valence-electron chi connectivity index (χ4n) is 2.03. The number of nitrogens with one attached hydrogen (secondary N) is 1. The summed E-state index contributed by atoms with van der Waals surface area (Å²) in [5.41, 5.74) is 1.17. The molecule has 0 atom stereocenters. The van der Waals surface area contributed by atoms with E-state index in [0.717, 1.165) is 0 Å². The molecule has 0 saturated heterocycles. The summed E-state index contributed by atoms with van der Waals surface area (Å²) in [5, 5.41) is 0.158. The van der Waals surface area contributed by atoms with Gasteiger partial charge in [-0.2, -0.15) is 0 Å². The largest absolute Gasteiger partial charge is 0.497 e. The molecule has 0 fully saturated rings. The minimum atomic E-state index is -3.77. The summed E-state index contributed by atoms with van der Waals surface area (Å²) in [6.07, 6.45) is 1.19. The Balaban J connectivity index is 2.45. The molecule has 0 saturated carbocycles. The number of halogens is 1. The molecule has 1 N–H and O–H groups in total. The Morgan fingerprint density at radius 2 is 1.76 bits per heavy atom. The van der Waals surface area contributed by atoms with Gasteiger partial charge in [0.15, 0.2) is 0 Å². The third kappa shape index (κ3) is 3.43. The van der Waals surface area contributed by atoms with Gasteiger partial charge in [0.2, 0.25) is 0 Å². The molecule has 0 aliphatic heterocycles. The predicted octanol–water partition coefficient (Wildman–Crippen LogP) is 2.56. The molecule has 2 aromatic rings. The molecule has 0 spiro atoms. The van der Waals surface area contributed by atoms with Crippen molar-refractivity contribution in [3.8, 4) is 5.75 Å². The van der Waals surface area contributed by atoms with Crippen molar-refractivity contribution in [1.82, 2.24) is 9.97 Å². The standard InChI is InChI=1S/C13H14ClN3O3S/c1-8-4-10(20-3)5-9(2)13(8)21(18,19)17-12-6-11(14)15-7-16-12/h4-7H,1-3H3,(H,15,16,17). The smallest absolute Gasteiger partial charge is 0.263 e. The van der Waals surface area contributed by atoms with Crippen LogP contribution in [-0.2, 0) is 10.0 Å². The second-order valence-corrected chi connectivity index (χ2v) is 6.43. The second-order valence-electron chi connectivity index (χ2n) is 4.42. The lowest BCUT2D eigenvalue weighted by molar-refractivity contribution is 0.413. The first-order chi connectivity index (χ1) is 9.83. The third-order valence-electron chi connectivity index (χ3n) is 2.81. The number of aryl methyl sites for hydroxylation is 2. The van der Waals surface area contributed by atoms with Gasteiger partial charge < -0.3 is 4.74 Å². The van der Waals surface area contributed by atoms with Crippen LogP contribution in [-0.4, -0.2) is 25.5 Å². The topological polar surface area (TPSA) is 81.2 Å². The van der Waals surface area contributed by atoms with Crippen molar-refractivity contribution in [2.75, 3.05) is 11.8 Å². The van der Waals surface area contributed by atoms with Crippen LogP contribution in [0.3, 0.4) is 0 Å². The van der Waals surface area contributed by atoms with Gasteiger partial charge in [-0.3, -0.25) is 4.72 Å². The number of nitrogens with zero attached hydrogens (tertiary/aromatic N) is 2. The van der Waals surface area contributed by atoms with E-state index in [1.54, 1.807) is 26.0 Å². The Labute approximate surface area is 128 Å². The van der Waals surface area contributed by atoms with E-state index in [0.29, 0.717) is 16.9 Å². The molecular weight excluding hydrogens is 314 g/mol. The molecule has 0 bridgehead atoms. The first-order valence-electron chi connectivity index (χ1n) is 5.99. The Bertz CT molecular complexity index is 755. The average molecular weight is 328 g/mol. The summed E-state index contributed by atoms with van der Waals surface area (Å²) in [4.78, 5) is 7.73. The van der Waals surface area contributed by atoms with E-state index in [-0.39, 0.29) is 15.9 Å². The Morgan fingerprint density at radius 1 is 1.14 bits per heavy atom. The van der Waals surface area contributed by atoms with Crippen LogP contribution >= 0.6 is 11.6 Å². The van der Waals surface area contributed by atoms with Gasteiger partial charge >= 0.3 is 0 Å². The molecule has 6 nitrogen and oxygen atoms in total. The lowest BCUT2D eigenvalue weighted by atomic mass is 10.1. The van der Waals surface area contributed by atoms with Crippen LogP contribution in [0.15, 0.2) is 29.4 Å². The number of methoxy groups -OCH3 is 1. The minimum absolute atomic E-state index is 0.115. The molecule has 112 valence electrons. The first-order valence-corrected chi connectivity index (χ1v) is 7.85. The van der Waals surface area contributed by atoms with Gasteiger partial charge in [-0.1, -0.05) is 11.6 Å². The summed E-state index contributed by atoms with van der Waals surface area (Å²) in [5.74, 6) is 0.721. The van der Waals surface area contributed by atoms with Crippen molar-refractivity contribution < 1.29 is 13.2 Å². The number of hydrogen-bond donors (Lipinski definition) is 1. The maximum atomic E-state index is 12.5. The number of aromatic nitrogens is 2.